The van der Waals surface area contributed by atoms with E-state index in [9.17, 15) is 19.7 Å². The quantitative estimate of drug-likeness (QED) is 0.352. The van der Waals surface area contributed by atoms with Gasteiger partial charge in [-0.25, -0.2) is 9.78 Å². The largest absolute Gasteiger partial charge is 0.480 e. The van der Waals surface area contributed by atoms with Gasteiger partial charge < -0.3 is 9.47 Å². The topological polar surface area (TPSA) is 121 Å². The highest BCUT2D eigenvalue weighted by atomic mass is 35.5. The number of nitro benzene ring substituents is 1. The number of nitrogens with one attached hydrogen (secondary N) is 1. The molecule has 1 N–H and O–H groups in total. The number of benzene rings is 2. The normalized spacial score (nSPS) is 10.5. The maximum Gasteiger partial charge on any atom is 0.344 e. The van der Waals surface area contributed by atoms with Gasteiger partial charge >= 0.3 is 5.97 Å². The lowest BCUT2D eigenvalue weighted by molar-refractivity contribution is -0.384. The Balaban J connectivity index is 1.50. The molecular weight excluding hydrogens is 410 g/mol. The highest BCUT2D eigenvalue weighted by Crippen LogP contribution is 2.29. The van der Waals surface area contributed by atoms with Gasteiger partial charge in [0, 0.05) is 12.1 Å². The van der Waals surface area contributed by atoms with Crippen molar-refractivity contribution in [1.29, 1.82) is 0 Å². The maximum atomic E-state index is 11.9. The van der Waals surface area contributed by atoms with Crippen LogP contribution in [-0.2, 0) is 14.3 Å². The molecule has 0 aliphatic carbocycles. The zero-order valence-corrected chi connectivity index (χ0v) is 15.7. The highest BCUT2D eigenvalue weighted by molar-refractivity contribution is 7.22. The van der Waals surface area contributed by atoms with Gasteiger partial charge in [0.1, 0.15) is 5.75 Å². The summed E-state index contributed by atoms with van der Waals surface area (Å²) in [6, 6.07) is 10.8. The average molecular weight is 422 g/mol. The third kappa shape index (κ3) is 4.93. The SMILES string of the molecule is O=C(COC(=O)COc1ccccc1Cl)Nc1nc2ccc([N+](=O)[O-])cc2s1. The van der Waals surface area contributed by atoms with Crippen molar-refractivity contribution in [1.82, 2.24) is 4.98 Å². The zero-order valence-electron chi connectivity index (χ0n) is 14.1. The number of aromatic nitrogens is 1. The van der Waals surface area contributed by atoms with E-state index in [0.29, 0.717) is 21.0 Å². The average Bonchev–Trinajstić information content (AvgIpc) is 3.07. The monoisotopic (exact) mass is 421 g/mol. The Morgan fingerprint density at radius 2 is 2.00 bits per heavy atom. The molecule has 1 aromatic heterocycles. The van der Waals surface area contributed by atoms with Crippen LogP contribution in [0.25, 0.3) is 10.2 Å². The number of esters is 1. The Kier molecular flexibility index (Phi) is 6.02. The van der Waals surface area contributed by atoms with E-state index >= 15 is 0 Å². The standard InChI is InChI=1S/C17H12ClN3O6S/c18-11-3-1-2-4-13(11)26-9-16(23)27-8-15(22)20-17-19-12-6-5-10(21(24)25)7-14(12)28-17/h1-7H,8-9H2,(H,19,20,22). The number of halogens is 1. The van der Waals surface area contributed by atoms with Crippen LogP contribution in [0.2, 0.25) is 5.02 Å². The molecule has 28 heavy (non-hydrogen) atoms. The van der Waals surface area contributed by atoms with Crippen LogP contribution in [0, 0.1) is 10.1 Å². The number of hydrogen-bond acceptors (Lipinski definition) is 8. The molecule has 0 fully saturated rings. The van der Waals surface area contributed by atoms with Gasteiger partial charge in [0.2, 0.25) is 0 Å². The third-order valence-corrected chi connectivity index (χ3v) is 4.62. The molecule has 1 heterocycles. The van der Waals surface area contributed by atoms with E-state index < -0.39 is 30.0 Å². The van der Waals surface area contributed by atoms with Crippen LogP contribution in [0.4, 0.5) is 10.8 Å². The van der Waals surface area contributed by atoms with E-state index in [1.165, 1.54) is 18.2 Å². The Morgan fingerprint density at radius 3 is 2.75 bits per heavy atom. The van der Waals surface area contributed by atoms with E-state index in [1.54, 1.807) is 24.3 Å². The summed E-state index contributed by atoms with van der Waals surface area (Å²) in [4.78, 5) is 38.0. The second-order valence-corrected chi connectivity index (χ2v) is 6.79. The summed E-state index contributed by atoms with van der Waals surface area (Å²) in [5.74, 6) is -1.01. The number of nitrogens with zero attached hydrogens (tertiary/aromatic N) is 2. The molecule has 0 spiro atoms. The molecule has 0 aliphatic rings. The molecule has 0 saturated heterocycles. The van der Waals surface area contributed by atoms with Gasteiger partial charge in [-0.15, -0.1) is 0 Å². The number of para-hydroxylation sites is 1. The minimum Gasteiger partial charge on any atom is -0.480 e. The lowest BCUT2D eigenvalue weighted by atomic mass is 10.3. The predicted octanol–water partition coefficient (Wildman–Crippen LogP) is 3.42. The maximum absolute atomic E-state index is 11.9. The summed E-state index contributed by atoms with van der Waals surface area (Å²) in [6.07, 6.45) is 0. The fraction of sp³-hybridized carbons (Fsp3) is 0.118. The summed E-state index contributed by atoms with van der Waals surface area (Å²) >= 11 is 6.97. The van der Waals surface area contributed by atoms with E-state index in [-0.39, 0.29) is 10.8 Å². The molecule has 0 unspecified atom stereocenters. The smallest absolute Gasteiger partial charge is 0.344 e. The number of nitro groups is 1. The number of fused-ring (bicyclic) bond motifs is 1. The number of non-ortho nitro benzene ring substituents is 1. The minimum absolute atomic E-state index is 0.0681. The molecule has 0 radical (unpaired) electrons. The lowest BCUT2D eigenvalue weighted by Crippen LogP contribution is -2.23. The third-order valence-electron chi connectivity index (χ3n) is 3.38. The number of ether oxygens (including phenoxy) is 2. The fourth-order valence-electron chi connectivity index (χ4n) is 2.12. The molecule has 0 saturated carbocycles. The van der Waals surface area contributed by atoms with Crippen LogP contribution >= 0.6 is 22.9 Å². The Morgan fingerprint density at radius 1 is 1.21 bits per heavy atom. The second-order valence-electron chi connectivity index (χ2n) is 5.36. The molecule has 3 aromatic rings. The first-order valence-corrected chi connectivity index (χ1v) is 8.99. The number of hydrogen-bond donors (Lipinski definition) is 1. The first-order valence-electron chi connectivity index (χ1n) is 7.80. The highest BCUT2D eigenvalue weighted by Gasteiger charge is 2.14. The summed E-state index contributed by atoms with van der Waals surface area (Å²) in [5.41, 5.74) is 0.442. The Hall–Kier alpha value is -3.24. The summed E-state index contributed by atoms with van der Waals surface area (Å²) in [7, 11) is 0. The molecule has 144 valence electrons. The molecule has 1 amide bonds. The molecule has 3 rings (SSSR count). The van der Waals surface area contributed by atoms with Gasteiger partial charge in [0.15, 0.2) is 18.3 Å². The molecule has 11 heteroatoms. The number of carbonyl (C=O) groups excluding carboxylic acids is 2. The fourth-order valence-corrected chi connectivity index (χ4v) is 3.23. The van der Waals surface area contributed by atoms with Crippen LogP contribution in [0.3, 0.4) is 0 Å². The Bertz CT molecular complexity index is 1050. The van der Waals surface area contributed by atoms with Crippen LogP contribution in [0.15, 0.2) is 42.5 Å². The predicted molar refractivity (Wildman–Crippen MR) is 103 cm³/mol. The molecule has 0 atom stereocenters. The van der Waals surface area contributed by atoms with Crippen molar-refractivity contribution >= 4 is 55.8 Å². The van der Waals surface area contributed by atoms with Crippen molar-refractivity contribution in [2.45, 2.75) is 0 Å². The van der Waals surface area contributed by atoms with Gasteiger partial charge in [-0.1, -0.05) is 35.1 Å². The van der Waals surface area contributed by atoms with Crippen LogP contribution in [0.1, 0.15) is 0 Å². The van der Waals surface area contributed by atoms with Gasteiger partial charge in [0.05, 0.1) is 20.2 Å². The van der Waals surface area contributed by atoms with Crippen molar-refractivity contribution in [2.24, 2.45) is 0 Å². The number of rotatable bonds is 7. The minimum atomic E-state index is -0.741. The molecular formula is C17H12ClN3O6S. The zero-order chi connectivity index (χ0) is 20.1. The van der Waals surface area contributed by atoms with Crippen molar-refractivity contribution in [2.75, 3.05) is 18.5 Å². The first-order chi connectivity index (χ1) is 13.4. The van der Waals surface area contributed by atoms with Gasteiger partial charge in [-0.05, 0) is 18.2 Å². The number of amides is 1. The Labute approximate surface area is 167 Å². The van der Waals surface area contributed by atoms with Crippen molar-refractivity contribution < 1.29 is 24.0 Å². The summed E-state index contributed by atoms with van der Waals surface area (Å²) in [6.45, 7) is -0.928. The number of thiazole rings is 1. The molecule has 2 aromatic carbocycles. The van der Waals surface area contributed by atoms with E-state index in [4.69, 9.17) is 21.1 Å². The van der Waals surface area contributed by atoms with Gasteiger partial charge in [-0.3, -0.25) is 20.2 Å². The van der Waals surface area contributed by atoms with Gasteiger partial charge in [-0.2, -0.15) is 0 Å². The molecule has 0 bridgehead atoms. The summed E-state index contributed by atoms with van der Waals surface area (Å²) in [5, 5.41) is 13.9. The van der Waals surface area contributed by atoms with Gasteiger partial charge in [0.25, 0.3) is 11.6 Å². The van der Waals surface area contributed by atoms with E-state index in [2.05, 4.69) is 10.3 Å². The first kappa shape index (κ1) is 19.5. The lowest BCUT2D eigenvalue weighted by Gasteiger charge is -2.07. The second kappa shape index (κ2) is 8.63. The number of anilines is 1. The molecule has 9 nitrogen and oxygen atoms in total. The van der Waals surface area contributed by atoms with Crippen LogP contribution in [-0.4, -0.2) is 35.0 Å². The number of carbonyl (C=O) groups is 2. The molecule has 0 aliphatic heterocycles. The van der Waals surface area contributed by atoms with E-state index in [0.717, 1.165) is 11.3 Å². The van der Waals surface area contributed by atoms with Crippen molar-refractivity contribution in [3.8, 4) is 5.75 Å². The summed E-state index contributed by atoms with van der Waals surface area (Å²) < 4.78 is 10.6. The van der Waals surface area contributed by atoms with Crippen LogP contribution < -0.4 is 10.1 Å². The van der Waals surface area contributed by atoms with Crippen molar-refractivity contribution in [3.63, 3.8) is 0 Å². The van der Waals surface area contributed by atoms with Crippen molar-refractivity contribution in [3.05, 3.63) is 57.6 Å². The van der Waals surface area contributed by atoms with E-state index in [1.807, 2.05) is 0 Å². The van der Waals surface area contributed by atoms with Crippen LogP contribution in [0.5, 0.6) is 5.75 Å².